The van der Waals surface area contributed by atoms with E-state index in [2.05, 4.69) is 44.8 Å². The van der Waals surface area contributed by atoms with Gasteiger partial charge in [0, 0.05) is 11.3 Å². The molecule has 0 aromatic carbocycles. The van der Waals surface area contributed by atoms with Crippen molar-refractivity contribution >= 4 is 11.8 Å². The number of thioether (sulfide) groups is 1. The number of hydrogen-bond donors (Lipinski definition) is 1. The lowest BCUT2D eigenvalue weighted by atomic mass is 9.79. The summed E-state index contributed by atoms with van der Waals surface area (Å²) in [6, 6.07) is 0. The van der Waals surface area contributed by atoms with Crippen LogP contribution in [0.3, 0.4) is 0 Å². The van der Waals surface area contributed by atoms with Crippen LogP contribution in [0.2, 0.25) is 0 Å². The van der Waals surface area contributed by atoms with Crippen LogP contribution < -0.4 is 5.32 Å². The smallest absolute Gasteiger partial charge is 0.0655 e. The Bertz CT molecular complexity index is 214. The fourth-order valence-electron chi connectivity index (χ4n) is 3.29. The summed E-state index contributed by atoms with van der Waals surface area (Å²) < 4.78 is 0. The van der Waals surface area contributed by atoms with Gasteiger partial charge in [0.25, 0.3) is 0 Å². The zero-order chi connectivity index (χ0) is 10.4. The standard InChI is InChI=1S/C12H23NS/c1-9-5-10(2)7-12(6-9)13-11(3,4)8-14-12/h9-10,13H,5-8H2,1-4H3. The molecule has 2 fully saturated rings. The van der Waals surface area contributed by atoms with Crippen LogP contribution in [0.15, 0.2) is 0 Å². The average molecular weight is 213 g/mol. The van der Waals surface area contributed by atoms with Gasteiger partial charge in [-0.3, -0.25) is 5.32 Å². The Balaban J connectivity index is 2.09. The number of hydrogen-bond acceptors (Lipinski definition) is 2. The minimum Gasteiger partial charge on any atom is -0.297 e. The van der Waals surface area contributed by atoms with E-state index >= 15 is 0 Å². The molecule has 1 heterocycles. The highest BCUT2D eigenvalue weighted by Crippen LogP contribution is 2.48. The summed E-state index contributed by atoms with van der Waals surface area (Å²) in [7, 11) is 0. The van der Waals surface area contributed by atoms with Crippen molar-refractivity contribution in [3.05, 3.63) is 0 Å². The summed E-state index contributed by atoms with van der Waals surface area (Å²) in [5.74, 6) is 3.06. The second-order valence-electron chi connectivity index (χ2n) is 6.15. The third-order valence-electron chi connectivity index (χ3n) is 3.44. The number of rotatable bonds is 0. The maximum atomic E-state index is 3.87. The molecule has 1 nitrogen and oxygen atoms in total. The van der Waals surface area contributed by atoms with Crippen LogP contribution in [0.1, 0.15) is 47.0 Å². The Morgan fingerprint density at radius 3 is 2.14 bits per heavy atom. The van der Waals surface area contributed by atoms with Gasteiger partial charge in [-0.2, -0.15) is 0 Å². The Labute approximate surface area is 92.4 Å². The predicted molar refractivity (Wildman–Crippen MR) is 64.6 cm³/mol. The third-order valence-corrected chi connectivity index (χ3v) is 5.29. The van der Waals surface area contributed by atoms with E-state index in [1.807, 2.05) is 0 Å². The maximum absolute atomic E-state index is 3.87. The van der Waals surface area contributed by atoms with Crippen molar-refractivity contribution in [2.45, 2.75) is 57.4 Å². The molecule has 0 aromatic heterocycles. The molecule has 1 N–H and O–H groups in total. The summed E-state index contributed by atoms with van der Waals surface area (Å²) in [6.07, 6.45) is 4.15. The zero-order valence-corrected chi connectivity index (χ0v) is 10.7. The summed E-state index contributed by atoms with van der Waals surface area (Å²) >= 11 is 2.17. The molecule has 1 aliphatic heterocycles. The highest BCUT2D eigenvalue weighted by Gasteiger charge is 2.46. The van der Waals surface area contributed by atoms with E-state index in [9.17, 15) is 0 Å². The molecule has 0 aromatic rings. The van der Waals surface area contributed by atoms with Crippen LogP contribution >= 0.6 is 11.8 Å². The Morgan fingerprint density at radius 2 is 1.71 bits per heavy atom. The van der Waals surface area contributed by atoms with Crippen molar-refractivity contribution in [3.8, 4) is 0 Å². The minimum atomic E-state index is 0.349. The quantitative estimate of drug-likeness (QED) is 0.663. The Morgan fingerprint density at radius 1 is 1.14 bits per heavy atom. The fraction of sp³-hybridized carbons (Fsp3) is 1.00. The van der Waals surface area contributed by atoms with Crippen molar-refractivity contribution < 1.29 is 0 Å². The van der Waals surface area contributed by atoms with Crippen molar-refractivity contribution in [1.82, 2.24) is 5.32 Å². The molecule has 2 heteroatoms. The lowest BCUT2D eigenvalue weighted by molar-refractivity contribution is 0.198. The van der Waals surface area contributed by atoms with Gasteiger partial charge < -0.3 is 0 Å². The minimum absolute atomic E-state index is 0.349. The molecule has 2 atom stereocenters. The SMILES string of the molecule is CC1CC(C)CC2(C1)NC(C)(C)CS2. The van der Waals surface area contributed by atoms with Gasteiger partial charge in [0.15, 0.2) is 0 Å². The Hall–Kier alpha value is 0.310. The topological polar surface area (TPSA) is 12.0 Å². The van der Waals surface area contributed by atoms with Gasteiger partial charge in [-0.25, -0.2) is 0 Å². The van der Waals surface area contributed by atoms with Crippen LogP contribution in [0.25, 0.3) is 0 Å². The van der Waals surface area contributed by atoms with Gasteiger partial charge in [-0.05, 0) is 44.9 Å². The lowest BCUT2D eigenvalue weighted by Gasteiger charge is -2.41. The van der Waals surface area contributed by atoms with Gasteiger partial charge in [0.2, 0.25) is 0 Å². The number of nitrogens with one attached hydrogen (secondary N) is 1. The first-order valence-electron chi connectivity index (χ1n) is 5.84. The van der Waals surface area contributed by atoms with Crippen molar-refractivity contribution in [2.75, 3.05) is 5.75 Å². The summed E-state index contributed by atoms with van der Waals surface area (Å²) in [6.45, 7) is 9.48. The van der Waals surface area contributed by atoms with E-state index in [1.54, 1.807) is 0 Å². The summed E-state index contributed by atoms with van der Waals surface area (Å²) in [5, 5.41) is 3.87. The molecule has 2 rings (SSSR count). The van der Waals surface area contributed by atoms with Gasteiger partial charge in [0.05, 0.1) is 4.87 Å². The molecule has 1 saturated carbocycles. The molecule has 2 aliphatic rings. The van der Waals surface area contributed by atoms with E-state index in [4.69, 9.17) is 0 Å². The van der Waals surface area contributed by atoms with Crippen LogP contribution in [-0.2, 0) is 0 Å². The van der Waals surface area contributed by atoms with E-state index in [1.165, 1.54) is 25.0 Å². The average Bonchev–Trinajstić information content (AvgIpc) is 2.23. The van der Waals surface area contributed by atoms with Crippen LogP contribution in [0.4, 0.5) is 0 Å². The maximum Gasteiger partial charge on any atom is 0.0655 e. The molecule has 2 unspecified atom stereocenters. The first-order valence-corrected chi connectivity index (χ1v) is 6.83. The molecular formula is C12H23NS. The molecule has 1 aliphatic carbocycles. The first kappa shape index (κ1) is 10.8. The van der Waals surface area contributed by atoms with Gasteiger partial charge >= 0.3 is 0 Å². The molecule has 82 valence electrons. The van der Waals surface area contributed by atoms with Gasteiger partial charge in [0.1, 0.15) is 0 Å². The van der Waals surface area contributed by atoms with E-state index in [0.717, 1.165) is 11.8 Å². The van der Waals surface area contributed by atoms with E-state index in [-0.39, 0.29) is 0 Å². The molecule has 0 radical (unpaired) electrons. The van der Waals surface area contributed by atoms with Crippen LogP contribution in [-0.4, -0.2) is 16.2 Å². The Kier molecular flexibility index (Phi) is 2.64. The third kappa shape index (κ3) is 2.11. The summed E-state index contributed by atoms with van der Waals surface area (Å²) in [5.41, 5.74) is 0.349. The highest BCUT2D eigenvalue weighted by molar-refractivity contribution is 8.00. The van der Waals surface area contributed by atoms with E-state index in [0.29, 0.717) is 10.4 Å². The molecule has 1 spiro atoms. The molecule has 0 bridgehead atoms. The van der Waals surface area contributed by atoms with Crippen molar-refractivity contribution in [3.63, 3.8) is 0 Å². The predicted octanol–water partition coefficient (Wildman–Crippen LogP) is 3.25. The zero-order valence-electron chi connectivity index (χ0n) is 9.89. The van der Waals surface area contributed by atoms with Gasteiger partial charge in [-0.15, -0.1) is 11.8 Å². The van der Waals surface area contributed by atoms with Crippen molar-refractivity contribution in [2.24, 2.45) is 11.8 Å². The summed E-state index contributed by atoms with van der Waals surface area (Å²) in [4.78, 5) is 0.417. The largest absolute Gasteiger partial charge is 0.297 e. The van der Waals surface area contributed by atoms with Crippen LogP contribution in [0.5, 0.6) is 0 Å². The monoisotopic (exact) mass is 213 g/mol. The highest BCUT2D eigenvalue weighted by atomic mass is 32.2. The normalized spacial score (nSPS) is 47.1. The van der Waals surface area contributed by atoms with E-state index < -0.39 is 0 Å². The molecule has 0 amide bonds. The van der Waals surface area contributed by atoms with Gasteiger partial charge in [-0.1, -0.05) is 13.8 Å². The molecule has 1 saturated heterocycles. The van der Waals surface area contributed by atoms with Crippen LogP contribution in [0, 0.1) is 11.8 Å². The van der Waals surface area contributed by atoms with Crippen molar-refractivity contribution in [1.29, 1.82) is 0 Å². The second-order valence-corrected chi connectivity index (χ2v) is 7.50. The lowest BCUT2D eigenvalue weighted by Crippen LogP contribution is -2.50. The first-order chi connectivity index (χ1) is 6.41. The molecule has 14 heavy (non-hydrogen) atoms. The molecular weight excluding hydrogens is 190 g/mol. The second kappa shape index (κ2) is 3.41. The fourth-order valence-corrected chi connectivity index (χ4v) is 5.15.